The van der Waals surface area contributed by atoms with Gasteiger partial charge in [0.25, 0.3) is 0 Å². The molecule has 0 N–H and O–H groups in total. The van der Waals surface area contributed by atoms with Gasteiger partial charge in [0.1, 0.15) is 18.2 Å². The minimum absolute atomic E-state index is 0.247. The fraction of sp³-hybridized carbons (Fsp3) is 0.167. The number of aromatic nitrogens is 1. The Bertz CT molecular complexity index is 798. The predicted octanol–water partition coefficient (Wildman–Crippen LogP) is 4.57. The van der Waals surface area contributed by atoms with Gasteiger partial charge in [-0.2, -0.15) is 0 Å². The number of hydrogen-bond acceptors (Lipinski definition) is 2. The molecule has 1 aromatic heterocycles. The van der Waals surface area contributed by atoms with Crippen LogP contribution in [0.15, 0.2) is 48.5 Å². The molecule has 0 aliphatic heterocycles. The van der Waals surface area contributed by atoms with E-state index in [9.17, 15) is 4.39 Å². The van der Waals surface area contributed by atoms with Crippen molar-refractivity contribution in [1.29, 1.82) is 0 Å². The van der Waals surface area contributed by atoms with E-state index in [4.69, 9.17) is 4.74 Å². The van der Waals surface area contributed by atoms with Crippen LogP contribution in [-0.4, -0.2) is 4.98 Å². The summed E-state index contributed by atoms with van der Waals surface area (Å²) in [4.78, 5) is 4.50. The van der Waals surface area contributed by atoms with Gasteiger partial charge in [0.2, 0.25) is 0 Å². The zero-order valence-electron chi connectivity index (χ0n) is 12.1. The Morgan fingerprint density at radius 2 is 1.86 bits per heavy atom. The molecule has 3 heteroatoms. The molecule has 2 nitrogen and oxygen atoms in total. The molecule has 2 aromatic carbocycles. The van der Waals surface area contributed by atoms with Crippen LogP contribution in [0, 0.1) is 19.7 Å². The molecule has 3 aromatic rings. The number of para-hydroxylation sites is 1. The van der Waals surface area contributed by atoms with Crippen molar-refractivity contribution in [2.24, 2.45) is 0 Å². The van der Waals surface area contributed by atoms with Gasteiger partial charge in [-0.25, -0.2) is 4.39 Å². The van der Waals surface area contributed by atoms with Crippen molar-refractivity contribution in [2.45, 2.75) is 20.5 Å². The molecule has 3 rings (SSSR count). The van der Waals surface area contributed by atoms with Crippen LogP contribution < -0.4 is 4.74 Å². The molecule has 0 atom stereocenters. The Kier molecular flexibility index (Phi) is 3.57. The molecule has 1 heterocycles. The number of hydrogen-bond donors (Lipinski definition) is 0. The van der Waals surface area contributed by atoms with E-state index in [2.05, 4.69) is 4.98 Å². The maximum Gasteiger partial charge on any atom is 0.129 e. The van der Waals surface area contributed by atoms with Gasteiger partial charge in [0.15, 0.2) is 0 Å². The molecule has 0 spiro atoms. The number of halogens is 1. The van der Waals surface area contributed by atoms with Gasteiger partial charge in [0.05, 0.1) is 5.52 Å². The third-order valence-corrected chi connectivity index (χ3v) is 3.47. The van der Waals surface area contributed by atoms with Gasteiger partial charge in [-0.15, -0.1) is 0 Å². The molecule has 0 saturated heterocycles. The quantitative estimate of drug-likeness (QED) is 0.701. The van der Waals surface area contributed by atoms with Crippen molar-refractivity contribution in [1.82, 2.24) is 4.98 Å². The first-order chi connectivity index (χ1) is 10.1. The highest BCUT2D eigenvalue weighted by molar-refractivity contribution is 5.82. The lowest BCUT2D eigenvalue weighted by Crippen LogP contribution is -1.99. The number of aryl methyl sites for hydroxylation is 2. The third-order valence-electron chi connectivity index (χ3n) is 3.47. The fourth-order valence-corrected chi connectivity index (χ4v) is 2.34. The molecule has 0 fully saturated rings. The first kappa shape index (κ1) is 13.6. The number of rotatable bonds is 3. The minimum Gasteiger partial charge on any atom is -0.489 e. The summed E-state index contributed by atoms with van der Waals surface area (Å²) in [6, 6.07) is 14.9. The SMILES string of the molecule is Cc1cc(COc2ccc(C)c(F)c2)c2ccccc2n1. The summed E-state index contributed by atoms with van der Waals surface area (Å²) in [5, 5.41) is 1.07. The average molecular weight is 281 g/mol. The molecule has 21 heavy (non-hydrogen) atoms. The maximum absolute atomic E-state index is 13.5. The lowest BCUT2D eigenvalue weighted by atomic mass is 10.1. The summed E-state index contributed by atoms with van der Waals surface area (Å²) in [6.07, 6.45) is 0. The second-order valence-electron chi connectivity index (χ2n) is 5.14. The second kappa shape index (κ2) is 5.52. The summed E-state index contributed by atoms with van der Waals surface area (Å²) >= 11 is 0. The van der Waals surface area contributed by atoms with Gasteiger partial charge in [-0.05, 0) is 37.6 Å². The molecule has 0 aliphatic rings. The first-order valence-electron chi connectivity index (χ1n) is 6.88. The van der Waals surface area contributed by atoms with E-state index in [-0.39, 0.29) is 5.82 Å². The van der Waals surface area contributed by atoms with Crippen LogP contribution in [0.4, 0.5) is 4.39 Å². The first-order valence-corrected chi connectivity index (χ1v) is 6.88. The Morgan fingerprint density at radius 1 is 1.05 bits per heavy atom. The predicted molar refractivity (Wildman–Crippen MR) is 81.9 cm³/mol. The van der Waals surface area contributed by atoms with Crippen molar-refractivity contribution in [3.63, 3.8) is 0 Å². The number of pyridine rings is 1. The highest BCUT2D eigenvalue weighted by atomic mass is 19.1. The Labute approximate surface area is 123 Å². The fourth-order valence-electron chi connectivity index (χ4n) is 2.34. The summed E-state index contributed by atoms with van der Waals surface area (Å²) in [5.41, 5.74) is 3.57. The normalized spacial score (nSPS) is 10.8. The van der Waals surface area contributed by atoms with E-state index in [1.54, 1.807) is 19.1 Å². The Balaban J connectivity index is 1.89. The molecule has 0 unspecified atom stereocenters. The number of nitrogens with zero attached hydrogens (tertiary/aromatic N) is 1. The van der Waals surface area contributed by atoms with E-state index in [0.717, 1.165) is 22.2 Å². The largest absolute Gasteiger partial charge is 0.489 e. The Morgan fingerprint density at radius 3 is 2.67 bits per heavy atom. The van der Waals surface area contributed by atoms with Gasteiger partial charge in [-0.3, -0.25) is 4.98 Å². The molecule has 0 amide bonds. The number of fused-ring (bicyclic) bond motifs is 1. The number of benzene rings is 2. The lowest BCUT2D eigenvalue weighted by Gasteiger charge is -2.10. The van der Waals surface area contributed by atoms with Crippen molar-refractivity contribution in [3.05, 3.63) is 71.2 Å². The van der Waals surface area contributed by atoms with Crippen LogP contribution in [0.2, 0.25) is 0 Å². The molecular weight excluding hydrogens is 265 g/mol. The maximum atomic E-state index is 13.5. The Hall–Kier alpha value is -2.42. The van der Waals surface area contributed by atoms with Crippen LogP contribution in [0.3, 0.4) is 0 Å². The van der Waals surface area contributed by atoms with E-state index in [1.807, 2.05) is 37.3 Å². The van der Waals surface area contributed by atoms with Crippen LogP contribution in [-0.2, 0) is 6.61 Å². The highest BCUT2D eigenvalue weighted by Crippen LogP contribution is 2.21. The van der Waals surface area contributed by atoms with Crippen LogP contribution in [0.5, 0.6) is 5.75 Å². The van der Waals surface area contributed by atoms with Crippen molar-refractivity contribution in [3.8, 4) is 5.75 Å². The van der Waals surface area contributed by atoms with Gasteiger partial charge in [-0.1, -0.05) is 24.3 Å². The van der Waals surface area contributed by atoms with Crippen LogP contribution in [0.1, 0.15) is 16.8 Å². The van der Waals surface area contributed by atoms with E-state index < -0.39 is 0 Å². The molecule has 0 radical (unpaired) electrons. The molecule has 0 aliphatic carbocycles. The topological polar surface area (TPSA) is 22.1 Å². The standard InChI is InChI=1S/C18H16FNO/c1-12-7-8-15(10-17(12)19)21-11-14-9-13(2)20-18-6-4-3-5-16(14)18/h3-10H,11H2,1-2H3. The zero-order chi connectivity index (χ0) is 14.8. The molecule has 0 bridgehead atoms. The summed E-state index contributed by atoms with van der Waals surface area (Å²) in [6.45, 7) is 4.09. The van der Waals surface area contributed by atoms with E-state index in [0.29, 0.717) is 17.9 Å². The summed E-state index contributed by atoms with van der Waals surface area (Å²) in [7, 11) is 0. The zero-order valence-corrected chi connectivity index (χ0v) is 12.1. The van der Waals surface area contributed by atoms with Crippen LogP contribution >= 0.6 is 0 Å². The highest BCUT2D eigenvalue weighted by Gasteiger charge is 2.06. The van der Waals surface area contributed by atoms with E-state index >= 15 is 0 Å². The van der Waals surface area contributed by atoms with Crippen molar-refractivity contribution in [2.75, 3.05) is 0 Å². The average Bonchev–Trinajstić information content (AvgIpc) is 2.48. The van der Waals surface area contributed by atoms with Gasteiger partial charge in [0, 0.05) is 22.7 Å². The van der Waals surface area contributed by atoms with Crippen LogP contribution in [0.25, 0.3) is 10.9 Å². The smallest absolute Gasteiger partial charge is 0.129 e. The summed E-state index contributed by atoms with van der Waals surface area (Å²) < 4.78 is 19.3. The second-order valence-corrected chi connectivity index (χ2v) is 5.14. The molecule has 0 saturated carbocycles. The van der Waals surface area contributed by atoms with Crippen molar-refractivity contribution >= 4 is 10.9 Å². The third kappa shape index (κ3) is 2.87. The minimum atomic E-state index is -0.247. The number of ether oxygens (including phenoxy) is 1. The lowest BCUT2D eigenvalue weighted by molar-refractivity contribution is 0.305. The molecular formula is C18H16FNO. The summed E-state index contributed by atoms with van der Waals surface area (Å²) in [5.74, 6) is 0.292. The van der Waals surface area contributed by atoms with E-state index in [1.165, 1.54) is 6.07 Å². The van der Waals surface area contributed by atoms with Gasteiger partial charge >= 0.3 is 0 Å². The monoisotopic (exact) mass is 281 g/mol. The molecule has 106 valence electrons. The van der Waals surface area contributed by atoms with Gasteiger partial charge < -0.3 is 4.74 Å². The van der Waals surface area contributed by atoms with Crippen molar-refractivity contribution < 1.29 is 9.13 Å².